The zero-order chi connectivity index (χ0) is 14.0. The highest BCUT2D eigenvalue weighted by atomic mass is 16.6. The molecule has 0 aromatic heterocycles. The van der Waals surface area contributed by atoms with Crippen LogP contribution < -0.4 is 0 Å². The molecule has 0 bridgehead atoms. The molecule has 0 saturated carbocycles. The molecule has 0 rings (SSSR count). The van der Waals surface area contributed by atoms with Gasteiger partial charge in [0, 0.05) is 13.2 Å². The number of rotatable bonds is 9. The summed E-state index contributed by atoms with van der Waals surface area (Å²) in [6.07, 6.45) is 5.12. The molecule has 0 N–H and O–H groups in total. The molecule has 0 aromatic rings. The van der Waals surface area contributed by atoms with Gasteiger partial charge in [-0.3, -0.25) is 4.90 Å². The molecule has 0 aromatic carbocycles. The molecule has 0 spiro atoms. The molecule has 0 radical (unpaired) electrons. The molecule has 1 amide bonds. The minimum Gasteiger partial charge on any atom is -0.450 e. The first-order valence-corrected chi connectivity index (χ1v) is 7.06. The number of amides is 1. The lowest BCUT2D eigenvalue weighted by Gasteiger charge is -2.33. The Kier molecular flexibility index (Phi) is 9.74. The van der Waals surface area contributed by atoms with Gasteiger partial charge in [-0.1, -0.05) is 26.2 Å². The predicted molar refractivity (Wildman–Crippen MR) is 73.6 cm³/mol. The van der Waals surface area contributed by atoms with Gasteiger partial charge in [-0.25, -0.2) is 4.79 Å². The van der Waals surface area contributed by atoms with Gasteiger partial charge in [0.1, 0.15) is 6.23 Å². The molecule has 1 unspecified atom stereocenters. The molecule has 108 valence electrons. The third kappa shape index (κ3) is 6.24. The second-order valence-electron chi connectivity index (χ2n) is 4.74. The number of hydrogen-bond donors (Lipinski definition) is 0. The predicted octanol–water partition coefficient (Wildman–Crippen LogP) is 3.80. The summed E-state index contributed by atoms with van der Waals surface area (Å²) in [4.78, 5) is 13.6. The van der Waals surface area contributed by atoms with E-state index in [2.05, 4.69) is 6.92 Å². The summed E-state index contributed by atoms with van der Waals surface area (Å²) in [5.74, 6) is 0. The Morgan fingerprint density at radius 3 is 2.28 bits per heavy atom. The first kappa shape index (κ1) is 17.2. The van der Waals surface area contributed by atoms with Crippen LogP contribution in [-0.4, -0.2) is 37.0 Å². The standard InChI is InChI=1S/C14H29NO3/c1-6-8-9-10-11-13(17-5)15(12(3)4)14(16)18-7-2/h12-13H,6-11H2,1-5H3. The Hall–Kier alpha value is -0.770. The second kappa shape index (κ2) is 10.2. The Bertz CT molecular complexity index is 219. The average Bonchev–Trinajstić information content (AvgIpc) is 2.32. The van der Waals surface area contributed by atoms with Crippen molar-refractivity contribution in [3.8, 4) is 0 Å². The molecule has 0 aliphatic heterocycles. The van der Waals surface area contributed by atoms with Crippen LogP contribution >= 0.6 is 0 Å². The van der Waals surface area contributed by atoms with E-state index < -0.39 is 0 Å². The Labute approximate surface area is 112 Å². The van der Waals surface area contributed by atoms with Crippen LogP contribution in [0.2, 0.25) is 0 Å². The average molecular weight is 259 g/mol. The number of unbranched alkanes of at least 4 members (excludes halogenated alkanes) is 3. The molecule has 0 saturated heterocycles. The molecule has 0 aliphatic rings. The number of ether oxygens (including phenoxy) is 2. The monoisotopic (exact) mass is 259 g/mol. The van der Waals surface area contributed by atoms with E-state index in [1.807, 2.05) is 20.8 Å². The molecule has 4 heteroatoms. The zero-order valence-corrected chi connectivity index (χ0v) is 12.6. The Morgan fingerprint density at radius 2 is 1.83 bits per heavy atom. The number of hydrogen-bond acceptors (Lipinski definition) is 3. The molecule has 0 fully saturated rings. The van der Waals surface area contributed by atoms with Gasteiger partial charge in [-0.2, -0.15) is 0 Å². The van der Waals surface area contributed by atoms with Crippen molar-refractivity contribution < 1.29 is 14.3 Å². The number of nitrogens with zero attached hydrogens (tertiary/aromatic N) is 1. The fraction of sp³-hybridized carbons (Fsp3) is 0.929. The summed E-state index contributed by atoms with van der Waals surface area (Å²) in [6, 6.07) is 0.0835. The highest BCUT2D eigenvalue weighted by Gasteiger charge is 2.26. The summed E-state index contributed by atoms with van der Waals surface area (Å²) in [7, 11) is 1.65. The van der Waals surface area contributed by atoms with E-state index in [1.165, 1.54) is 19.3 Å². The van der Waals surface area contributed by atoms with Gasteiger partial charge in [0.25, 0.3) is 0 Å². The zero-order valence-electron chi connectivity index (χ0n) is 12.6. The lowest BCUT2D eigenvalue weighted by molar-refractivity contribution is -0.0474. The summed E-state index contributed by atoms with van der Waals surface area (Å²) >= 11 is 0. The van der Waals surface area contributed by atoms with E-state index in [1.54, 1.807) is 12.0 Å². The maximum atomic E-state index is 11.9. The van der Waals surface area contributed by atoms with Gasteiger partial charge in [0.05, 0.1) is 6.61 Å². The molecule has 0 aliphatic carbocycles. The fourth-order valence-corrected chi connectivity index (χ4v) is 1.98. The highest BCUT2D eigenvalue weighted by molar-refractivity contribution is 5.68. The van der Waals surface area contributed by atoms with Crippen LogP contribution in [0.25, 0.3) is 0 Å². The van der Waals surface area contributed by atoms with Crippen LogP contribution in [0.15, 0.2) is 0 Å². The molecule has 4 nitrogen and oxygen atoms in total. The topological polar surface area (TPSA) is 38.8 Å². The summed E-state index contributed by atoms with van der Waals surface area (Å²) in [5, 5.41) is 0. The molecular formula is C14H29NO3. The molecule has 1 atom stereocenters. The lowest BCUT2D eigenvalue weighted by Crippen LogP contribution is -2.46. The van der Waals surface area contributed by atoms with E-state index in [0.717, 1.165) is 12.8 Å². The molecular weight excluding hydrogens is 230 g/mol. The fourth-order valence-electron chi connectivity index (χ4n) is 1.98. The van der Waals surface area contributed by atoms with Crippen LogP contribution in [0.4, 0.5) is 4.79 Å². The summed E-state index contributed by atoms with van der Waals surface area (Å²) < 4.78 is 10.5. The minimum atomic E-state index is -0.283. The van der Waals surface area contributed by atoms with Crippen molar-refractivity contribution in [1.29, 1.82) is 0 Å². The third-order valence-electron chi connectivity index (χ3n) is 2.92. The van der Waals surface area contributed by atoms with Crippen LogP contribution in [-0.2, 0) is 9.47 Å². The van der Waals surface area contributed by atoms with Crippen molar-refractivity contribution in [2.75, 3.05) is 13.7 Å². The van der Waals surface area contributed by atoms with Crippen LogP contribution in [0, 0.1) is 0 Å². The van der Waals surface area contributed by atoms with Crippen LogP contribution in [0.1, 0.15) is 59.8 Å². The van der Waals surface area contributed by atoms with E-state index in [-0.39, 0.29) is 18.4 Å². The van der Waals surface area contributed by atoms with Crippen molar-refractivity contribution >= 4 is 6.09 Å². The van der Waals surface area contributed by atoms with E-state index in [9.17, 15) is 4.79 Å². The van der Waals surface area contributed by atoms with Gasteiger partial charge in [-0.05, 0) is 33.6 Å². The van der Waals surface area contributed by atoms with Gasteiger partial charge in [-0.15, -0.1) is 0 Å². The van der Waals surface area contributed by atoms with Crippen LogP contribution in [0.5, 0.6) is 0 Å². The largest absolute Gasteiger partial charge is 0.450 e. The number of methoxy groups -OCH3 is 1. The van der Waals surface area contributed by atoms with E-state index >= 15 is 0 Å². The minimum absolute atomic E-state index is 0.0835. The van der Waals surface area contributed by atoms with Gasteiger partial charge < -0.3 is 9.47 Å². The summed E-state index contributed by atoms with van der Waals surface area (Å²) in [6.45, 7) is 8.37. The van der Waals surface area contributed by atoms with Crippen molar-refractivity contribution in [3.05, 3.63) is 0 Å². The molecule has 0 heterocycles. The quantitative estimate of drug-likeness (QED) is 0.467. The maximum absolute atomic E-state index is 11.9. The summed E-state index contributed by atoms with van der Waals surface area (Å²) in [5.41, 5.74) is 0. The van der Waals surface area contributed by atoms with E-state index in [4.69, 9.17) is 9.47 Å². The van der Waals surface area contributed by atoms with Gasteiger partial charge in [0.2, 0.25) is 0 Å². The normalized spacial score (nSPS) is 12.6. The highest BCUT2D eigenvalue weighted by Crippen LogP contribution is 2.16. The smallest absolute Gasteiger partial charge is 0.412 e. The first-order chi connectivity index (χ1) is 8.58. The molecule has 18 heavy (non-hydrogen) atoms. The van der Waals surface area contributed by atoms with Gasteiger partial charge in [0.15, 0.2) is 0 Å². The first-order valence-electron chi connectivity index (χ1n) is 7.06. The Balaban J connectivity index is 4.38. The lowest BCUT2D eigenvalue weighted by atomic mass is 10.1. The van der Waals surface area contributed by atoms with Crippen molar-refractivity contribution in [2.45, 2.75) is 72.1 Å². The van der Waals surface area contributed by atoms with Crippen molar-refractivity contribution in [2.24, 2.45) is 0 Å². The number of carbonyl (C=O) groups is 1. The SMILES string of the molecule is CCCCCCC(OC)N(C(=O)OCC)C(C)C. The van der Waals surface area contributed by atoms with Crippen molar-refractivity contribution in [1.82, 2.24) is 4.90 Å². The van der Waals surface area contributed by atoms with Crippen LogP contribution in [0.3, 0.4) is 0 Å². The van der Waals surface area contributed by atoms with Gasteiger partial charge >= 0.3 is 6.09 Å². The number of carbonyl (C=O) groups excluding carboxylic acids is 1. The Morgan fingerprint density at radius 1 is 1.17 bits per heavy atom. The second-order valence-corrected chi connectivity index (χ2v) is 4.74. The van der Waals surface area contributed by atoms with Crippen molar-refractivity contribution in [3.63, 3.8) is 0 Å². The van der Waals surface area contributed by atoms with E-state index in [0.29, 0.717) is 6.61 Å². The maximum Gasteiger partial charge on any atom is 0.412 e. The third-order valence-corrected chi connectivity index (χ3v) is 2.92.